The van der Waals surface area contributed by atoms with Gasteiger partial charge in [-0.15, -0.1) is 0 Å². The van der Waals surface area contributed by atoms with Crippen LogP contribution in [0.4, 0.5) is 0 Å². The Bertz CT molecular complexity index is 650. The number of hydrogen-bond donors (Lipinski definition) is 5. The molecule has 1 fully saturated rings. The van der Waals surface area contributed by atoms with Gasteiger partial charge < -0.3 is 25.2 Å². The Morgan fingerprint density at radius 1 is 1.52 bits per heavy atom. The number of carboxylic acid groups (broad SMARTS) is 1. The number of aromatic amines is 1. The van der Waals surface area contributed by atoms with Crippen LogP contribution in [0.3, 0.4) is 0 Å². The lowest BCUT2D eigenvalue weighted by molar-refractivity contribution is -0.147. The van der Waals surface area contributed by atoms with Crippen molar-refractivity contribution in [2.24, 2.45) is 0 Å². The topological polar surface area (TPSA) is 162 Å². The van der Waals surface area contributed by atoms with Crippen LogP contribution in [0.25, 0.3) is 0 Å². The number of H-pyrrole nitrogens is 1. The summed E-state index contributed by atoms with van der Waals surface area (Å²) >= 11 is 0. The van der Waals surface area contributed by atoms with Gasteiger partial charge in [-0.2, -0.15) is 0 Å². The van der Waals surface area contributed by atoms with Crippen LogP contribution in [-0.2, 0) is 9.53 Å². The molecule has 1 aliphatic heterocycles. The molecule has 2 unspecified atom stereocenters. The predicted octanol–water partition coefficient (Wildman–Crippen LogP) is -2.70. The first-order chi connectivity index (χ1) is 9.85. The molecule has 2 heterocycles. The van der Waals surface area contributed by atoms with Crippen LogP contribution in [0.1, 0.15) is 24.3 Å². The minimum Gasteiger partial charge on any atom is -0.479 e. The summed E-state index contributed by atoms with van der Waals surface area (Å²) in [6, 6.07) is 0. The number of aliphatic hydroxyl groups excluding tert-OH is 3. The maximum Gasteiger partial charge on any atom is 0.337 e. The summed E-state index contributed by atoms with van der Waals surface area (Å²) in [6.45, 7) is -0.458. The van der Waals surface area contributed by atoms with E-state index in [1.807, 2.05) is 4.98 Å². The number of nitrogens with one attached hydrogen (secondary N) is 1. The summed E-state index contributed by atoms with van der Waals surface area (Å²) in [4.78, 5) is 35.8. The molecule has 4 atom stereocenters. The molecule has 10 heteroatoms. The SMILES string of the molecule is O=C(O)C(O)c1cn([C@@H]2CC(O)[C@H](CO)O2)c(=O)[nH]c1=O. The zero-order chi connectivity index (χ0) is 15.7. The average molecular weight is 302 g/mol. The van der Waals surface area contributed by atoms with E-state index in [4.69, 9.17) is 14.9 Å². The maximum absolute atomic E-state index is 11.7. The zero-order valence-electron chi connectivity index (χ0n) is 10.7. The van der Waals surface area contributed by atoms with Gasteiger partial charge in [0.05, 0.1) is 18.3 Å². The number of rotatable bonds is 4. The van der Waals surface area contributed by atoms with Crippen molar-refractivity contribution in [2.45, 2.75) is 31.0 Å². The Morgan fingerprint density at radius 3 is 2.71 bits per heavy atom. The van der Waals surface area contributed by atoms with Gasteiger partial charge >= 0.3 is 11.7 Å². The number of aliphatic carboxylic acids is 1. The zero-order valence-corrected chi connectivity index (χ0v) is 10.7. The van der Waals surface area contributed by atoms with Crippen molar-refractivity contribution in [3.63, 3.8) is 0 Å². The number of nitrogens with zero attached hydrogens (tertiary/aromatic N) is 1. The third-order valence-electron chi connectivity index (χ3n) is 3.22. The van der Waals surface area contributed by atoms with Crippen molar-refractivity contribution in [1.29, 1.82) is 0 Å². The molecule has 0 saturated carbocycles. The number of carboxylic acids is 1. The van der Waals surface area contributed by atoms with Crippen LogP contribution in [-0.4, -0.2) is 54.8 Å². The van der Waals surface area contributed by atoms with E-state index in [9.17, 15) is 24.6 Å². The van der Waals surface area contributed by atoms with Crippen LogP contribution in [0.5, 0.6) is 0 Å². The van der Waals surface area contributed by atoms with E-state index in [1.165, 1.54) is 0 Å². The van der Waals surface area contributed by atoms with Crippen molar-refractivity contribution in [3.8, 4) is 0 Å². The van der Waals surface area contributed by atoms with Gasteiger partial charge in [0.25, 0.3) is 5.56 Å². The lowest BCUT2D eigenvalue weighted by atomic mass is 10.2. The normalized spacial score (nSPS) is 26.7. The van der Waals surface area contributed by atoms with E-state index in [0.717, 1.165) is 10.8 Å². The van der Waals surface area contributed by atoms with Crippen LogP contribution in [0.2, 0.25) is 0 Å². The first-order valence-corrected chi connectivity index (χ1v) is 6.05. The van der Waals surface area contributed by atoms with E-state index in [1.54, 1.807) is 0 Å². The second-order valence-corrected chi connectivity index (χ2v) is 4.61. The van der Waals surface area contributed by atoms with Crippen molar-refractivity contribution in [3.05, 3.63) is 32.6 Å². The van der Waals surface area contributed by atoms with Gasteiger partial charge in [-0.05, 0) is 0 Å². The Balaban J connectivity index is 2.41. The summed E-state index contributed by atoms with van der Waals surface area (Å²) in [5, 5.41) is 36.7. The largest absolute Gasteiger partial charge is 0.479 e. The smallest absolute Gasteiger partial charge is 0.337 e. The molecule has 1 saturated heterocycles. The Labute approximate surface area is 116 Å². The third kappa shape index (κ3) is 2.88. The van der Waals surface area contributed by atoms with Gasteiger partial charge in [0.15, 0.2) is 6.10 Å². The van der Waals surface area contributed by atoms with Gasteiger partial charge in [0, 0.05) is 12.6 Å². The lowest BCUT2D eigenvalue weighted by Crippen LogP contribution is -2.36. The second kappa shape index (κ2) is 5.77. The first-order valence-electron chi connectivity index (χ1n) is 6.05. The lowest BCUT2D eigenvalue weighted by Gasteiger charge is -2.16. The Kier molecular flexibility index (Phi) is 4.23. The fourth-order valence-electron chi connectivity index (χ4n) is 2.09. The molecule has 0 aromatic carbocycles. The van der Waals surface area contributed by atoms with Gasteiger partial charge in [-0.25, -0.2) is 9.59 Å². The molecule has 10 nitrogen and oxygen atoms in total. The van der Waals surface area contributed by atoms with E-state index in [-0.39, 0.29) is 6.42 Å². The molecule has 1 aromatic heterocycles. The van der Waals surface area contributed by atoms with Crippen LogP contribution < -0.4 is 11.2 Å². The minimum atomic E-state index is -2.10. The summed E-state index contributed by atoms with van der Waals surface area (Å²) in [7, 11) is 0. The van der Waals surface area contributed by atoms with Crippen LogP contribution >= 0.6 is 0 Å². The number of hydrogen-bond acceptors (Lipinski definition) is 7. The summed E-state index contributed by atoms with van der Waals surface area (Å²) in [5.74, 6) is -1.65. The summed E-state index contributed by atoms with van der Waals surface area (Å²) < 4.78 is 6.10. The highest BCUT2D eigenvalue weighted by Gasteiger charge is 2.35. The highest BCUT2D eigenvalue weighted by atomic mass is 16.5. The Hall–Kier alpha value is -2.01. The number of carbonyl (C=O) groups is 1. The molecule has 21 heavy (non-hydrogen) atoms. The van der Waals surface area contributed by atoms with Gasteiger partial charge in [0.2, 0.25) is 0 Å². The number of aromatic nitrogens is 2. The molecule has 0 aliphatic carbocycles. The molecule has 1 aliphatic rings. The fourth-order valence-corrected chi connectivity index (χ4v) is 2.09. The second-order valence-electron chi connectivity index (χ2n) is 4.61. The van der Waals surface area contributed by atoms with E-state index >= 15 is 0 Å². The predicted molar refractivity (Wildman–Crippen MR) is 65.5 cm³/mol. The maximum atomic E-state index is 11.7. The van der Waals surface area contributed by atoms with Gasteiger partial charge in [-0.1, -0.05) is 0 Å². The van der Waals surface area contributed by atoms with Crippen LogP contribution in [0.15, 0.2) is 15.8 Å². The molecular weight excluding hydrogens is 288 g/mol. The fraction of sp³-hybridized carbons (Fsp3) is 0.545. The quantitative estimate of drug-likeness (QED) is 0.401. The van der Waals surface area contributed by atoms with Crippen molar-refractivity contribution >= 4 is 5.97 Å². The summed E-state index contributed by atoms with van der Waals surface area (Å²) in [6.07, 6.45) is -4.13. The number of ether oxygens (including phenoxy) is 1. The van der Waals surface area contributed by atoms with E-state index in [2.05, 4.69) is 0 Å². The van der Waals surface area contributed by atoms with Crippen molar-refractivity contribution in [2.75, 3.05) is 6.61 Å². The third-order valence-corrected chi connectivity index (χ3v) is 3.22. The van der Waals surface area contributed by atoms with E-state index in [0.29, 0.717) is 0 Å². The number of aliphatic hydroxyl groups is 3. The highest BCUT2D eigenvalue weighted by molar-refractivity contribution is 5.73. The summed E-state index contributed by atoms with van der Waals surface area (Å²) in [5.41, 5.74) is -2.44. The standard InChI is InChI=1S/C11H14N2O8/c14-3-6-5(15)1-7(21-6)13-2-4(8(16)10(18)19)9(17)12-11(13)20/h2,5-8,14-16H,1,3H2,(H,18,19)(H,12,17,20)/t5?,6-,7-,8?/m0/s1. The van der Waals surface area contributed by atoms with Gasteiger partial charge in [-0.3, -0.25) is 14.3 Å². The molecule has 0 bridgehead atoms. The van der Waals surface area contributed by atoms with Crippen molar-refractivity contribution in [1.82, 2.24) is 9.55 Å². The molecule has 0 spiro atoms. The monoisotopic (exact) mass is 302 g/mol. The molecule has 5 N–H and O–H groups in total. The van der Waals surface area contributed by atoms with Crippen molar-refractivity contribution < 1.29 is 30.0 Å². The molecule has 0 amide bonds. The molecule has 116 valence electrons. The molecular formula is C11H14N2O8. The van der Waals surface area contributed by atoms with Gasteiger partial charge in [0.1, 0.15) is 12.3 Å². The average Bonchev–Trinajstić information content (AvgIpc) is 2.79. The molecule has 2 rings (SSSR count). The highest BCUT2D eigenvalue weighted by Crippen LogP contribution is 2.27. The molecule has 0 radical (unpaired) electrons. The first kappa shape index (κ1) is 15.4. The minimum absolute atomic E-state index is 0.0280. The Morgan fingerprint density at radius 2 is 2.19 bits per heavy atom. The van der Waals surface area contributed by atoms with Crippen LogP contribution in [0, 0.1) is 0 Å². The van der Waals surface area contributed by atoms with E-state index < -0.39 is 53.9 Å². The molecule has 1 aromatic rings.